The minimum atomic E-state index is -1.05. The topological polar surface area (TPSA) is 84.9 Å². The summed E-state index contributed by atoms with van der Waals surface area (Å²) in [5.41, 5.74) is 0. The van der Waals surface area contributed by atoms with Gasteiger partial charge < -0.3 is 19.9 Å². The maximum atomic E-state index is 11.4. The van der Waals surface area contributed by atoms with Gasteiger partial charge in [-0.3, -0.25) is 4.79 Å². The largest absolute Gasteiger partial charge is 0.482 e. The first kappa shape index (κ1) is 15.5. The Balaban J connectivity index is 2.39. The summed E-state index contributed by atoms with van der Waals surface area (Å²) in [6.07, 6.45) is 0.722. The van der Waals surface area contributed by atoms with Gasteiger partial charge in [-0.1, -0.05) is 0 Å². The summed E-state index contributed by atoms with van der Waals surface area (Å²) in [7, 11) is 1.59. The number of amides is 1. The minimum Gasteiger partial charge on any atom is -0.482 e. The van der Waals surface area contributed by atoms with E-state index < -0.39 is 5.97 Å². The third kappa shape index (κ3) is 5.27. The van der Waals surface area contributed by atoms with Gasteiger partial charge in [0.2, 0.25) is 0 Å². The van der Waals surface area contributed by atoms with Gasteiger partial charge in [-0.2, -0.15) is 0 Å². The van der Waals surface area contributed by atoms with Crippen molar-refractivity contribution in [3.05, 3.63) is 15.8 Å². The van der Waals surface area contributed by atoms with Crippen LogP contribution in [0.1, 0.15) is 21.0 Å². The predicted molar refractivity (Wildman–Crippen MR) is 71.0 cm³/mol. The fraction of sp³-hybridized carbons (Fsp3) is 0.500. The molecular formula is C12H17NO5S. The third-order valence-electron chi connectivity index (χ3n) is 2.22. The molecule has 0 aliphatic carbocycles. The van der Waals surface area contributed by atoms with Crippen molar-refractivity contribution in [1.82, 2.24) is 5.32 Å². The number of hydrogen-bond donors (Lipinski definition) is 2. The lowest BCUT2D eigenvalue weighted by Crippen LogP contribution is -2.30. The number of ether oxygens (including phenoxy) is 2. The van der Waals surface area contributed by atoms with Gasteiger partial charge in [-0.15, -0.1) is 11.3 Å². The smallest absolute Gasteiger partial charge is 0.349 e. The molecule has 1 rings (SSSR count). The maximum Gasteiger partial charge on any atom is 0.349 e. The number of hydrogen-bond acceptors (Lipinski definition) is 5. The van der Waals surface area contributed by atoms with Gasteiger partial charge in [-0.25, -0.2) is 4.79 Å². The van der Waals surface area contributed by atoms with Crippen molar-refractivity contribution in [3.8, 4) is 5.75 Å². The minimum absolute atomic E-state index is 0.115. The van der Waals surface area contributed by atoms with E-state index in [-0.39, 0.29) is 23.1 Å². The first-order valence-electron chi connectivity index (χ1n) is 5.76. The van der Waals surface area contributed by atoms with Gasteiger partial charge >= 0.3 is 5.97 Å². The molecule has 19 heavy (non-hydrogen) atoms. The highest BCUT2D eigenvalue weighted by Crippen LogP contribution is 2.28. The van der Waals surface area contributed by atoms with E-state index >= 15 is 0 Å². The number of methoxy groups -OCH3 is 1. The normalized spacial score (nSPS) is 10.2. The molecule has 0 saturated heterocycles. The number of carbonyl (C=O) groups is 2. The average Bonchev–Trinajstić information content (AvgIpc) is 2.74. The number of nitrogens with one attached hydrogen (secondary N) is 1. The van der Waals surface area contributed by atoms with Crippen LogP contribution in [-0.4, -0.2) is 43.9 Å². The van der Waals surface area contributed by atoms with Crippen LogP contribution in [0.5, 0.6) is 5.75 Å². The van der Waals surface area contributed by atoms with Crippen LogP contribution in [-0.2, 0) is 9.53 Å². The van der Waals surface area contributed by atoms with E-state index in [0.29, 0.717) is 13.2 Å². The maximum absolute atomic E-state index is 11.4. The summed E-state index contributed by atoms with van der Waals surface area (Å²) in [6, 6.07) is 1.62. The van der Waals surface area contributed by atoms with Gasteiger partial charge in [0.05, 0.1) is 0 Å². The van der Waals surface area contributed by atoms with Crippen molar-refractivity contribution >= 4 is 23.2 Å². The number of aromatic carboxylic acids is 1. The standard InChI is InChI=1S/C12H17NO5S/c1-8-6-9(11(19-8)12(15)16)18-7-10(14)13-4-3-5-17-2/h6H,3-5,7H2,1-2H3,(H,13,14)(H,15,16). The van der Waals surface area contributed by atoms with Gasteiger partial charge in [0.25, 0.3) is 5.91 Å². The van der Waals surface area contributed by atoms with Crippen LogP contribution in [0.25, 0.3) is 0 Å². The van der Waals surface area contributed by atoms with Crippen molar-refractivity contribution < 1.29 is 24.2 Å². The molecule has 0 aromatic carbocycles. The summed E-state index contributed by atoms with van der Waals surface area (Å²) in [5, 5.41) is 11.6. The summed E-state index contributed by atoms with van der Waals surface area (Å²) in [5.74, 6) is -1.09. The molecule has 0 aliphatic heterocycles. The van der Waals surface area contributed by atoms with Crippen molar-refractivity contribution in [1.29, 1.82) is 0 Å². The number of rotatable bonds is 8. The van der Waals surface area contributed by atoms with Gasteiger partial charge in [0.15, 0.2) is 11.5 Å². The molecule has 0 bridgehead atoms. The second-order valence-electron chi connectivity index (χ2n) is 3.84. The van der Waals surface area contributed by atoms with Crippen LogP contribution >= 0.6 is 11.3 Å². The quantitative estimate of drug-likeness (QED) is 0.704. The van der Waals surface area contributed by atoms with Crippen molar-refractivity contribution in [2.75, 3.05) is 26.9 Å². The van der Waals surface area contributed by atoms with E-state index in [1.54, 1.807) is 20.1 Å². The van der Waals surface area contributed by atoms with E-state index in [0.717, 1.165) is 22.6 Å². The number of carbonyl (C=O) groups excluding carboxylic acids is 1. The van der Waals surface area contributed by atoms with Crippen LogP contribution in [0.15, 0.2) is 6.07 Å². The molecule has 2 N–H and O–H groups in total. The van der Waals surface area contributed by atoms with Crippen LogP contribution in [0.4, 0.5) is 0 Å². The highest BCUT2D eigenvalue weighted by Gasteiger charge is 2.16. The molecule has 0 fully saturated rings. The molecule has 0 spiro atoms. The summed E-state index contributed by atoms with van der Waals surface area (Å²) >= 11 is 1.13. The van der Waals surface area contributed by atoms with Crippen LogP contribution in [0.2, 0.25) is 0 Å². The fourth-order valence-electron chi connectivity index (χ4n) is 1.39. The van der Waals surface area contributed by atoms with E-state index in [1.807, 2.05) is 0 Å². The monoisotopic (exact) mass is 287 g/mol. The first-order valence-corrected chi connectivity index (χ1v) is 6.58. The Labute approximate surface area is 115 Å². The van der Waals surface area contributed by atoms with Crippen molar-refractivity contribution in [3.63, 3.8) is 0 Å². The van der Waals surface area contributed by atoms with Crippen molar-refractivity contribution in [2.24, 2.45) is 0 Å². The van der Waals surface area contributed by atoms with E-state index in [2.05, 4.69) is 5.32 Å². The van der Waals surface area contributed by atoms with Crippen LogP contribution in [0, 0.1) is 6.92 Å². The van der Waals surface area contributed by atoms with Gasteiger partial charge in [-0.05, 0) is 19.4 Å². The molecule has 1 aromatic heterocycles. The summed E-state index contributed by atoms with van der Waals surface area (Å²) < 4.78 is 10.1. The first-order chi connectivity index (χ1) is 9.04. The lowest BCUT2D eigenvalue weighted by atomic mass is 10.4. The lowest BCUT2D eigenvalue weighted by molar-refractivity contribution is -0.123. The molecule has 0 radical (unpaired) electrons. The highest BCUT2D eigenvalue weighted by molar-refractivity contribution is 7.14. The van der Waals surface area contributed by atoms with E-state index in [9.17, 15) is 9.59 Å². The van der Waals surface area contributed by atoms with Gasteiger partial charge in [0, 0.05) is 25.1 Å². The average molecular weight is 287 g/mol. The second kappa shape index (κ2) is 7.75. The van der Waals surface area contributed by atoms with E-state index in [4.69, 9.17) is 14.6 Å². The molecule has 0 saturated carbocycles. The molecule has 0 unspecified atom stereocenters. The summed E-state index contributed by atoms with van der Waals surface area (Å²) in [4.78, 5) is 23.3. The number of thiophene rings is 1. The molecule has 1 heterocycles. The molecule has 0 atom stereocenters. The zero-order valence-corrected chi connectivity index (χ0v) is 11.7. The number of carboxylic acid groups (broad SMARTS) is 1. The number of carboxylic acids is 1. The fourth-order valence-corrected chi connectivity index (χ4v) is 2.18. The lowest BCUT2D eigenvalue weighted by Gasteiger charge is -2.06. The Bertz CT molecular complexity index is 443. The zero-order valence-electron chi connectivity index (χ0n) is 10.9. The van der Waals surface area contributed by atoms with Crippen LogP contribution < -0.4 is 10.1 Å². The molecule has 6 nitrogen and oxygen atoms in total. The van der Waals surface area contributed by atoms with E-state index in [1.165, 1.54) is 0 Å². The SMILES string of the molecule is COCCCNC(=O)COc1cc(C)sc1C(=O)O. The predicted octanol–water partition coefficient (Wildman–Crippen LogP) is 1.29. The van der Waals surface area contributed by atoms with Crippen LogP contribution in [0.3, 0.4) is 0 Å². The molecule has 1 amide bonds. The Morgan fingerprint density at radius 1 is 1.47 bits per heavy atom. The highest BCUT2D eigenvalue weighted by atomic mass is 32.1. The Morgan fingerprint density at radius 3 is 2.84 bits per heavy atom. The molecular weight excluding hydrogens is 270 g/mol. The molecule has 106 valence electrons. The molecule has 1 aromatic rings. The summed E-state index contributed by atoms with van der Waals surface area (Å²) in [6.45, 7) is 2.68. The third-order valence-corrected chi connectivity index (χ3v) is 3.24. The second-order valence-corrected chi connectivity index (χ2v) is 5.10. The Kier molecular flexibility index (Phi) is 6.31. The van der Waals surface area contributed by atoms with Gasteiger partial charge in [0.1, 0.15) is 5.75 Å². The Morgan fingerprint density at radius 2 is 2.21 bits per heavy atom. The molecule has 0 aliphatic rings. The molecule has 7 heteroatoms. The Hall–Kier alpha value is -1.60. The zero-order chi connectivity index (χ0) is 14.3. The number of aryl methyl sites for hydroxylation is 1. The van der Waals surface area contributed by atoms with Crippen molar-refractivity contribution in [2.45, 2.75) is 13.3 Å².